The molecule has 1 fully saturated rings. The Morgan fingerprint density at radius 1 is 1.10 bits per heavy atom. The summed E-state index contributed by atoms with van der Waals surface area (Å²) in [7, 11) is 0. The van der Waals surface area contributed by atoms with Crippen LogP contribution < -0.4 is 10.6 Å². The normalized spacial score (nSPS) is 22.1. The average molecular weight is 276 g/mol. The van der Waals surface area contributed by atoms with Crippen LogP contribution in [0.4, 0.5) is 10.5 Å². The summed E-state index contributed by atoms with van der Waals surface area (Å²) < 4.78 is 0. The summed E-state index contributed by atoms with van der Waals surface area (Å²) in [6.07, 6.45) is 2.85. The second-order valence-electron chi connectivity index (χ2n) is 5.24. The number of carbonyl (C=O) groups is 2. The predicted octanol–water partition coefficient (Wildman–Crippen LogP) is 2.31. The van der Waals surface area contributed by atoms with Crippen LogP contribution in [0.15, 0.2) is 24.3 Å². The van der Waals surface area contributed by atoms with Gasteiger partial charge >= 0.3 is 6.03 Å². The monoisotopic (exact) mass is 276 g/mol. The van der Waals surface area contributed by atoms with Crippen molar-refractivity contribution in [2.24, 2.45) is 0 Å². The molecule has 1 aliphatic rings. The van der Waals surface area contributed by atoms with Gasteiger partial charge in [-0.3, -0.25) is 4.79 Å². The minimum atomic E-state index is -0.248. The van der Waals surface area contributed by atoms with E-state index >= 15 is 0 Å². The van der Waals surface area contributed by atoms with Gasteiger partial charge in [-0.15, -0.1) is 0 Å². The maximum Gasteiger partial charge on any atom is 0.319 e. The largest absolute Gasteiger partial charge is 0.393 e. The van der Waals surface area contributed by atoms with Crippen LogP contribution in [0.5, 0.6) is 0 Å². The van der Waals surface area contributed by atoms with Crippen LogP contribution >= 0.6 is 0 Å². The lowest BCUT2D eigenvalue weighted by Gasteiger charge is -2.26. The molecule has 0 spiro atoms. The molecule has 5 nitrogen and oxygen atoms in total. The topological polar surface area (TPSA) is 78.4 Å². The first-order chi connectivity index (χ1) is 9.54. The van der Waals surface area contributed by atoms with E-state index in [1.54, 1.807) is 24.3 Å². The maximum absolute atomic E-state index is 11.8. The highest BCUT2D eigenvalue weighted by molar-refractivity contribution is 5.95. The number of ketones is 1. The van der Waals surface area contributed by atoms with E-state index < -0.39 is 0 Å². The van der Waals surface area contributed by atoms with Crippen molar-refractivity contribution in [3.8, 4) is 0 Å². The second-order valence-corrected chi connectivity index (χ2v) is 5.24. The molecular formula is C15H20N2O3. The summed E-state index contributed by atoms with van der Waals surface area (Å²) in [5.41, 5.74) is 1.28. The zero-order valence-electron chi connectivity index (χ0n) is 11.6. The summed E-state index contributed by atoms with van der Waals surface area (Å²) in [5.74, 6) is 0.00163. The summed E-state index contributed by atoms with van der Waals surface area (Å²) in [6, 6.07) is 6.67. The number of aliphatic hydroxyl groups is 1. The lowest BCUT2D eigenvalue weighted by atomic mass is 9.93. The molecule has 5 heteroatoms. The summed E-state index contributed by atoms with van der Waals surface area (Å²) in [4.78, 5) is 23.0. The summed E-state index contributed by atoms with van der Waals surface area (Å²) in [5, 5.41) is 15.1. The van der Waals surface area contributed by atoms with Crippen LogP contribution in [-0.2, 0) is 0 Å². The number of carbonyl (C=O) groups excluding carboxylic acids is 2. The first kappa shape index (κ1) is 14.5. The Balaban J connectivity index is 1.83. The molecule has 1 aromatic rings. The number of Topliss-reactive ketones (excluding diaryl/α,β-unsaturated/α-hetero) is 1. The molecule has 2 amide bonds. The minimum Gasteiger partial charge on any atom is -0.393 e. The zero-order valence-corrected chi connectivity index (χ0v) is 11.6. The maximum atomic E-state index is 11.8. The number of nitrogens with one attached hydrogen (secondary N) is 2. The molecule has 0 unspecified atom stereocenters. The standard InChI is InChI=1S/C15H20N2O3/c1-10(18)11-2-4-12(5-3-11)16-15(20)17-13-6-8-14(19)9-7-13/h2-5,13-14,19H,6-9H2,1H3,(H2,16,17,20). The van der Waals surface area contributed by atoms with Crippen molar-refractivity contribution in [3.63, 3.8) is 0 Å². The van der Waals surface area contributed by atoms with Crippen molar-refractivity contribution in [2.75, 3.05) is 5.32 Å². The highest BCUT2D eigenvalue weighted by atomic mass is 16.3. The van der Waals surface area contributed by atoms with Gasteiger partial charge in [-0.2, -0.15) is 0 Å². The van der Waals surface area contributed by atoms with Crippen LogP contribution in [0.1, 0.15) is 43.0 Å². The van der Waals surface area contributed by atoms with Crippen molar-refractivity contribution in [1.82, 2.24) is 5.32 Å². The van der Waals surface area contributed by atoms with Gasteiger partial charge in [0.2, 0.25) is 0 Å². The van der Waals surface area contributed by atoms with E-state index in [9.17, 15) is 14.7 Å². The van der Waals surface area contributed by atoms with E-state index in [4.69, 9.17) is 0 Å². The predicted molar refractivity (Wildman–Crippen MR) is 76.9 cm³/mol. The number of anilines is 1. The van der Waals surface area contributed by atoms with Gasteiger partial charge < -0.3 is 15.7 Å². The van der Waals surface area contributed by atoms with Gasteiger partial charge in [0.25, 0.3) is 0 Å². The SMILES string of the molecule is CC(=O)c1ccc(NC(=O)NC2CCC(O)CC2)cc1. The van der Waals surface area contributed by atoms with Gasteiger partial charge in [0.1, 0.15) is 0 Å². The van der Waals surface area contributed by atoms with E-state index in [0.717, 1.165) is 25.7 Å². The third-order valence-corrected chi connectivity index (χ3v) is 3.58. The molecule has 1 saturated carbocycles. The van der Waals surface area contributed by atoms with Crippen LogP contribution in [0.2, 0.25) is 0 Å². The van der Waals surface area contributed by atoms with Gasteiger partial charge in [-0.1, -0.05) is 0 Å². The van der Waals surface area contributed by atoms with E-state index in [0.29, 0.717) is 11.3 Å². The molecule has 2 rings (SSSR count). The molecule has 0 aromatic heterocycles. The smallest absolute Gasteiger partial charge is 0.319 e. The van der Waals surface area contributed by atoms with Crippen molar-refractivity contribution >= 4 is 17.5 Å². The van der Waals surface area contributed by atoms with Crippen LogP contribution in [0.3, 0.4) is 0 Å². The fourth-order valence-electron chi connectivity index (χ4n) is 2.36. The lowest BCUT2D eigenvalue weighted by molar-refractivity contribution is 0.101. The zero-order chi connectivity index (χ0) is 14.5. The molecule has 0 aliphatic heterocycles. The lowest BCUT2D eigenvalue weighted by Crippen LogP contribution is -2.40. The van der Waals surface area contributed by atoms with Gasteiger partial charge in [0, 0.05) is 17.3 Å². The molecule has 1 aliphatic carbocycles. The van der Waals surface area contributed by atoms with Gasteiger partial charge in [0.15, 0.2) is 5.78 Å². The Hall–Kier alpha value is -1.88. The number of amides is 2. The van der Waals surface area contributed by atoms with Gasteiger partial charge in [-0.05, 0) is 56.9 Å². The van der Waals surface area contributed by atoms with Gasteiger partial charge in [0.05, 0.1) is 6.10 Å². The Morgan fingerprint density at radius 2 is 1.70 bits per heavy atom. The number of hydrogen-bond donors (Lipinski definition) is 3. The molecule has 0 saturated heterocycles. The molecule has 20 heavy (non-hydrogen) atoms. The molecule has 0 bridgehead atoms. The Labute approximate surface area is 118 Å². The highest BCUT2D eigenvalue weighted by Gasteiger charge is 2.20. The van der Waals surface area contributed by atoms with E-state index in [1.165, 1.54) is 6.92 Å². The van der Waals surface area contributed by atoms with E-state index in [-0.39, 0.29) is 24.0 Å². The van der Waals surface area contributed by atoms with E-state index in [1.807, 2.05) is 0 Å². The summed E-state index contributed by atoms with van der Waals surface area (Å²) in [6.45, 7) is 1.51. The average Bonchev–Trinajstić information content (AvgIpc) is 2.42. The van der Waals surface area contributed by atoms with Gasteiger partial charge in [-0.25, -0.2) is 4.79 Å². The Bertz CT molecular complexity index is 476. The molecule has 0 radical (unpaired) electrons. The number of urea groups is 1. The molecule has 1 aromatic carbocycles. The first-order valence-corrected chi connectivity index (χ1v) is 6.91. The van der Waals surface area contributed by atoms with Crippen LogP contribution in [0.25, 0.3) is 0 Å². The third-order valence-electron chi connectivity index (χ3n) is 3.58. The molecule has 3 N–H and O–H groups in total. The number of rotatable bonds is 3. The first-order valence-electron chi connectivity index (χ1n) is 6.91. The fraction of sp³-hybridized carbons (Fsp3) is 0.467. The number of hydrogen-bond acceptors (Lipinski definition) is 3. The Morgan fingerprint density at radius 3 is 2.25 bits per heavy atom. The molecular weight excluding hydrogens is 256 g/mol. The third kappa shape index (κ3) is 4.06. The van der Waals surface area contributed by atoms with Crippen molar-refractivity contribution in [1.29, 1.82) is 0 Å². The molecule has 0 heterocycles. The van der Waals surface area contributed by atoms with Crippen LogP contribution in [-0.4, -0.2) is 29.1 Å². The number of aliphatic hydroxyl groups excluding tert-OH is 1. The second kappa shape index (κ2) is 6.52. The summed E-state index contributed by atoms with van der Waals surface area (Å²) >= 11 is 0. The minimum absolute atomic E-state index is 0.00163. The molecule has 0 atom stereocenters. The van der Waals surface area contributed by atoms with Crippen molar-refractivity contribution < 1.29 is 14.7 Å². The van der Waals surface area contributed by atoms with E-state index in [2.05, 4.69) is 10.6 Å². The van der Waals surface area contributed by atoms with Crippen molar-refractivity contribution in [3.05, 3.63) is 29.8 Å². The number of benzene rings is 1. The van der Waals surface area contributed by atoms with Crippen LogP contribution in [0, 0.1) is 0 Å². The Kier molecular flexibility index (Phi) is 4.74. The van der Waals surface area contributed by atoms with Crippen molar-refractivity contribution in [2.45, 2.75) is 44.8 Å². The molecule has 108 valence electrons. The quantitative estimate of drug-likeness (QED) is 0.741. The highest BCUT2D eigenvalue weighted by Crippen LogP contribution is 2.18. The fourth-order valence-corrected chi connectivity index (χ4v) is 2.36.